The molecule has 1 atom stereocenters. The van der Waals surface area contributed by atoms with Crippen LogP contribution in [0.1, 0.15) is 20.3 Å². The van der Waals surface area contributed by atoms with Gasteiger partial charge in [-0.25, -0.2) is 9.97 Å². The van der Waals surface area contributed by atoms with Crippen LogP contribution in [0.25, 0.3) is 21.6 Å². The topological polar surface area (TPSA) is 54.9 Å². The van der Waals surface area contributed by atoms with Crippen LogP contribution < -0.4 is 5.32 Å². The van der Waals surface area contributed by atoms with Gasteiger partial charge in [0.2, 0.25) is 5.91 Å². The van der Waals surface area contributed by atoms with E-state index in [0.29, 0.717) is 11.6 Å². The Balaban J connectivity index is 1.87. The zero-order valence-corrected chi connectivity index (χ0v) is 15.3. The normalized spacial score (nSPS) is 12.2. The molecule has 2 heterocycles. The molecule has 1 N–H and O–H groups in total. The van der Waals surface area contributed by atoms with Crippen LogP contribution in [0.3, 0.4) is 0 Å². The summed E-state index contributed by atoms with van der Waals surface area (Å²) in [5.74, 6) is 1.11. The van der Waals surface area contributed by atoms with Crippen LogP contribution in [0.4, 0.5) is 0 Å². The molecule has 3 rings (SSSR count). The molecule has 0 saturated carbocycles. The van der Waals surface area contributed by atoms with E-state index in [1.54, 1.807) is 11.3 Å². The Morgan fingerprint density at radius 3 is 2.83 bits per heavy atom. The van der Waals surface area contributed by atoms with Gasteiger partial charge in [0, 0.05) is 11.4 Å². The van der Waals surface area contributed by atoms with Gasteiger partial charge in [0.05, 0.1) is 16.1 Å². The number of carbonyl (C=O) groups is 1. The minimum atomic E-state index is 0.0368. The lowest BCUT2D eigenvalue weighted by molar-refractivity contribution is -0.119. The van der Waals surface area contributed by atoms with E-state index in [-0.39, 0.29) is 11.9 Å². The van der Waals surface area contributed by atoms with Gasteiger partial charge < -0.3 is 5.32 Å². The fraction of sp³-hybridized carbons (Fsp3) is 0.278. The Hall–Kier alpha value is -1.92. The van der Waals surface area contributed by atoms with Crippen molar-refractivity contribution in [2.75, 3.05) is 5.75 Å². The van der Waals surface area contributed by atoms with E-state index in [1.807, 2.05) is 48.7 Å². The molecular weight excluding hydrogens is 338 g/mol. The predicted molar refractivity (Wildman–Crippen MR) is 101 cm³/mol. The number of hydrogen-bond acceptors (Lipinski definition) is 5. The highest BCUT2D eigenvalue weighted by molar-refractivity contribution is 8.00. The first-order valence-corrected chi connectivity index (χ1v) is 9.76. The summed E-state index contributed by atoms with van der Waals surface area (Å²) in [5, 5.41) is 6.84. The average molecular weight is 358 g/mol. The van der Waals surface area contributed by atoms with Gasteiger partial charge in [-0.05, 0) is 30.9 Å². The number of hydrogen-bond donors (Lipinski definition) is 1. The zero-order chi connectivity index (χ0) is 16.9. The number of nitrogens with one attached hydrogen (secondary N) is 1. The number of nitrogens with zero attached hydrogens (tertiary/aromatic N) is 2. The fourth-order valence-electron chi connectivity index (χ4n) is 2.23. The summed E-state index contributed by atoms with van der Waals surface area (Å²) in [6, 6.07) is 12.1. The molecule has 0 aliphatic carbocycles. The number of thioether (sulfide) groups is 1. The molecule has 3 aromatic rings. The van der Waals surface area contributed by atoms with Crippen molar-refractivity contribution in [2.24, 2.45) is 0 Å². The lowest BCUT2D eigenvalue weighted by Crippen LogP contribution is -2.33. The zero-order valence-electron chi connectivity index (χ0n) is 13.7. The summed E-state index contributed by atoms with van der Waals surface area (Å²) < 4.78 is 0. The summed E-state index contributed by atoms with van der Waals surface area (Å²) in [7, 11) is 0. The number of rotatable bonds is 6. The number of thiophene rings is 1. The van der Waals surface area contributed by atoms with Gasteiger partial charge in [0.25, 0.3) is 0 Å². The first kappa shape index (κ1) is 16.9. The Bertz CT molecular complexity index is 833. The number of amides is 1. The molecule has 4 nitrogen and oxygen atoms in total. The monoisotopic (exact) mass is 357 g/mol. The number of carbonyl (C=O) groups excluding carboxylic acids is 1. The van der Waals surface area contributed by atoms with Crippen molar-refractivity contribution >= 4 is 39.9 Å². The van der Waals surface area contributed by atoms with Crippen LogP contribution in [0.2, 0.25) is 0 Å². The highest BCUT2D eigenvalue weighted by atomic mass is 32.2. The van der Waals surface area contributed by atoms with Crippen molar-refractivity contribution in [3.8, 4) is 10.7 Å². The van der Waals surface area contributed by atoms with E-state index in [0.717, 1.165) is 27.2 Å². The van der Waals surface area contributed by atoms with Crippen molar-refractivity contribution in [1.82, 2.24) is 15.3 Å². The molecule has 24 heavy (non-hydrogen) atoms. The van der Waals surface area contributed by atoms with Crippen molar-refractivity contribution in [3.63, 3.8) is 0 Å². The average Bonchev–Trinajstić information content (AvgIpc) is 3.14. The Morgan fingerprint density at radius 2 is 2.08 bits per heavy atom. The molecule has 0 aliphatic heterocycles. The first-order valence-electron chi connectivity index (χ1n) is 7.90. The molecule has 0 spiro atoms. The van der Waals surface area contributed by atoms with Gasteiger partial charge in [-0.15, -0.1) is 11.3 Å². The van der Waals surface area contributed by atoms with Gasteiger partial charge in [-0.2, -0.15) is 0 Å². The SMILES string of the molecule is CC[C@H](C)NC(=O)CSc1nc(-c2cccs2)nc2ccccc12. The third-order valence-corrected chi connectivity index (χ3v) is 5.53. The smallest absolute Gasteiger partial charge is 0.230 e. The van der Waals surface area contributed by atoms with E-state index in [9.17, 15) is 4.79 Å². The second kappa shape index (κ2) is 7.77. The second-order valence-corrected chi connectivity index (χ2v) is 7.42. The van der Waals surface area contributed by atoms with Crippen LogP contribution in [0.15, 0.2) is 46.8 Å². The molecule has 1 amide bonds. The van der Waals surface area contributed by atoms with E-state index < -0.39 is 0 Å². The maximum atomic E-state index is 12.1. The molecule has 2 aromatic heterocycles. The number of para-hydroxylation sites is 1. The predicted octanol–water partition coefficient (Wildman–Crippen LogP) is 4.37. The van der Waals surface area contributed by atoms with Gasteiger partial charge >= 0.3 is 0 Å². The minimum absolute atomic E-state index is 0.0368. The molecule has 0 fully saturated rings. The molecule has 0 bridgehead atoms. The molecule has 124 valence electrons. The molecule has 1 aromatic carbocycles. The van der Waals surface area contributed by atoms with Crippen molar-refractivity contribution in [2.45, 2.75) is 31.3 Å². The maximum absolute atomic E-state index is 12.1. The molecule has 0 aliphatic rings. The lowest BCUT2D eigenvalue weighted by atomic mass is 10.2. The second-order valence-electron chi connectivity index (χ2n) is 5.51. The van der Waals surface area contributed by atoms with Crippen LogP contribution in [-0.4, -0.2) is 27.7 Å². The number of benzene rings is 1. The largest absolute Gasteiger partial charge is 0.353 e. The summed E-state index contributed by atoms with van der Waals surface area (Å²) in [5.41, 5.74) is 0.903. The Kier molecular flexibility index (Phi) is 5.48. The van der Waals surface area contributed by atoms with Gasteiger partial charge in [0.15, 0.2) is 5.82 Å². The van der Waals surface area contributed by atoms with Crippen LogP contribution in [-0.2, 0) is 4.79 Å². The highest BCUT2D eigenvalue weighted by Gasteiger charge is 2.13. The highest BCUT2D eigenvalue weighted by Crippen LogP contribution is 2.29. The minimum Gasteiger partial charge on any atom is -0.353 e. The molecule has 0 unspecified atom stereocenters. The molecular formula is C18H19N3OS2. The van der Waals surface area contributed by atoms with Gasteiger partial charge in [-0.3, -0.25) is 4.79 Å². The quantitative estimate of drug-likeness (QED) is 0.526. The molecule has 0 radical (unpaired) electrons. The molecule has 6 heteroatoms. The standard InChI is InChI=1S/C18H19N3OS2/c1-3-12(2)19-16(22)11-24-18-13-7-4-5-8-14(13)20-17(21-18)15-9-6-10-23-15/h4-10,12H,3,11H2,1-2H3,(H,19,22)/t12-/m0/s1. The summed E-state index contributed by atoms with van der Waals surface area (Å²) in [6.45, 7) is 4.07. The summed E-state index contributed by atoms with van der Waals surface area (Å²) in [4.78, 5) is 22.4. The van der Waals surface area contributed by atoms with Crippen LogP contribution >= 0.6 is 23.1 Å². The van der Waals surface area contributed by atoms with E-state index in [1.165, 1.54) is 11.8 Å². The molecule has 0 saturated heterocycles. The summed E-state index contributed by atoms with van der Waals surface area (Å²) in [6.07, 6.45) is 0.926. The third-order valence-electron chi connectivity index (χ3n) is 3.67. The van der Waals surface area contributed by atoms with E-state index >= 15 is 0 Å². The summed E-state index contributed by atoms with van der Waals surface area (Å²) >= 11 is 3.08. The Labute approximate surface area is 149 Å². The number of aromatic nitrogens is 2. The van der Waals surface area contributed by atoms with Crippen molar-refractivity contribution < 1.29 is 4.79 Å². The van der Waals surface area contributed by atoms with Crippen molar-refractivity contribution in [3.05, 3.63) is 41.8 Å². The maximum Gasteiger partial charge on any atom is 0.230 e. The van der Waals surface area contributed by atoms with Crippen molar-refractivity contribution in [1.29, 1.82) is 0 Å². The lowest BCUT2D eigenvalue weighted by Gasteiger charge is -2.11. The number of fused-ring (bicyclic) bond motifs is 1. The third kappa shape index (κ3) is 3.94. The van der Waals surface area contributed by atoms with Gasteiger partial charge in [-0.1, -0.05) is 43.0 Å². The van der Waals surface area contributed by atoms with Crippen LogP contribution in [0.5, 0.6) is 0 Å². The Morgan fingerprint density at radius 1 is 1.25 bits per heavy atom. The van der Waals surface area contributed by atoms with Crippen LogP contribution in [0, 0.1) is 0 Å². The van der Waals surface area contributed by atoms with E-state index in [4.69, 9.17) is 4.98 Å². The van der Waals surface area contributed by atoms with Gasteiger partial charge in [0.1, 0.15) is 5.03 Å². The fourth-order valence-corrected chi connectivity index (χ4v) is 3.71. The first-order chi connectivity index (χ1) is 11.7. The van der Waals surface area contributed by atoms with E-state index in [2.05, 4.69) is 17.2 Å².